The van der Waals surface area contributed by atoms with Gasteiger partial charge in [-0.25, -0.2) is 0 Å². The Labute approximate surface area is 253 Å². The second kappa shape index (κ2) is 16.5. The van der Waals surface area contributed by atoms with Gasteiger partial charge in [-0.3, -0.25) is 29.4 Å². The van der Waals surface area contributed by atoms with Crippen LogP contribution in [0.5, 0.6) is 11.5 Å². The van der Waals surface area contributed by atoms with Crippen molar-refractivity contribution in [3.8, 4) is 11.5 Å². The van der Waals surface area contributed by atoms with E-state index in [0.29, 0.717) is 33.6 Å². The van der Waals surface area contributed by atoms with Crippen molar-refractivity contribution in [3.63, 3.8) is 0 Å². The van der Waals surface area contributed by atoms with Gasteiger partial charge in [0.05, 0.1) is 37.7 Å². The van der Waals surface area contributed by atoms with E-state index in [9.17, 15) is 40.2 Å². The number of aliphatic carboxylic acids is 2. The van der Waals surface area contributed by atoms with E-state index in [1.165, 1.54) is 22.2 Å². The summed E-state index contributed by atoms with van der Waals surface area (Å²) < 4.78 is 0. The number of pyridine rings is 2. The molecule has 190 valence electrons. The molecule has 0 saturated heterocycles. The summed E-state index contributed by atoms with van der Waals surface area (Å²) in [6.45, 7) is 1.76. The van der Waals surface area contributed by atoms with Gasteiger partial charge in [0.15, 0.2) is 0 Å². The molecule has 0 aliphatic heterocycles. The van der Waals surface area contributed by atoms with Gasteiger partial charge in [-0.05, 0) is 13.8 Å². The number of aromatic nitrogens is 2. The van der Waals surface area contributed by atoms with Crippen LogP contribution in [0.15, 0.2) is 12.4 Å². The van der Waals surface area contributed by atoms with Gasteiger partial charge in [0.2, 0.25) is 0 Å². The molecular weight excluding hydrogens is 494 g/mol. The summed E-state index contributed by atoms with van der Waals surface area (Å²) >= 11 is 0. The van der Waals surface area contributed by atoms with Crippen LogP contribution in [0, 0.1) is 13.8 Å². The predicted molar refractivity (Wildman–Crippen MR) is 133 cm³/mol. The molecule has 2 heterocycles. The Kier molecular flexibility index (Phi) is 15.9. The number of aliphatic hydroxyl groups is 2. The maximum absolute atomic E-state index is 11.4. The molecule has 2 rings (SSSR count). The molecule has 0 amide bonds. The van der Waals surface area contributed by atoms with E-state index in [2.05, 4.69) is 9.97 Å². The zero-order valence-corrected chi connectivity index (χ0v) is 19.1. The normalized spacial score (nSPS) is 10.7. The monoisotopic (exact) mass is 526 g/mol. The Hall–Kier alpha value is -1.32. The maximum atomic E-state index is 11.4. The van der Waals surface area contributed by atoms with Crippen LogP contribution in [0.25, 0.3) is 0 Å². The van der Waals surface area contributed by atoms with Gasteiger partial charge in [-0.1, -0.05) is 0 Å². The Balaban J connectivity index is 0.00000612. The minimum absolute atomic E-state index is 0. The van der Waals surface area contributed by atoms with Crippen molar-refractivity contribution in [2.75, 3.05) is 26.2 Å². The first kappa shape index (κ1) is 34.7. The van der Waals surface area contributed by atoms with Crippen LogP contribution < -0.4 is 0 Å². The van der Waals surface area contributed by atoms with E-state index in [1.54, 1.807) is 13.8 Å². The van der Waals surface area contributed by atoms with Crippen molar-refractivity contribution in [1.29, 1.82) is 0 Å². The molecule has 2 aromatic rings. The first-order chi connectivity index (χ1) is 16.1. The van der Waals surface area contributed by atoms with E-state index >= 15 is 0 Å². The van der Waals surface area contributed by atoms with Crippen LogP contribution in [-0.2, 0) is 35.9 Å². The summed E-state index contributed by atoms with van der Waals surface area (Å²) in [5, 5.41) is 58.7. The third kappa shape index (κ3) is 9.86. The van der Waals surface area contributed by atoms with E-state index < -0.39 is 38.2 Å². The molecule has 0 bridgehead atoms. The molecule has 36 heavy (non-hydrogen) atoms. The Bertz CT molecular complexity index is 960. The molecule has 0 aromatic carbocycles. The SMILES string of the molecule is Cc1ncc(CO)c(CN(CCN(CC(=O)O)Cc2c(CO)cnc(C)c2O)CC(=O)O)c1O.[NaH].[NaH]. The molecule has 0 atom stereocenters. The number of aromatic hydroxyl groups is 2. The number of hydrogen-bond acceptors (Lipinski definition) is 10. The van der Waals surface area contributed by atoms with E-state index in [0.717, 1.165) is 0 Å². The van der Waals surface area contributed by atoms with Gasteiger partial charge in [0, 0.05) is 60.8 Å². The Morgan fingerprint density at radius 2 is 1.08 bits per heavy atom. The summed E-state index contributed by atoms with van der Waals surface area (Å²) in [5.74, 6) is -2.53. The summed E-state index contributed by atoms with van der Waals surface area (Å²) in [6, 6.07) is 0. The summed E-state index contributed by atoms with van der Waals surface area (Å²) in [7, 11) is 0. The van der Waals surface area contributed by atoms with Crippen molar-refractivity contribution in [1.82, 2.24) is 19.8 Å². The Morgan fingerprint density at radius 3 is 1.36 bits per heavy atom. The van der Waals surface area contributed by atoms with Crippen molar-refractivity contribution in [3.05, 3.63) is 46.0 Å². The summed E-state index contributed by atoms with van der Waals surface area (Å²) in [5.41, 5.74) is 2.04. The standard InChI is InChI=1S/C22H30N4O8.2Na.2H/c1-13-21(33)17(15(11-27)5-23-13)7-25(9-19(29)30)3-4-26(10-20(31)32)8-18-16(12-28)6-24-14(2)22(18)34;;;;/h5-6,27-28,33-34H,3-4,7-12H2,1-2H3,(H,29,30)(H,31,32);;;;. The molecule has 0 aliphatic carbocycles. The summed E-state index contributed by atoms with van der Waals surface area (Å²) in [4.78, 5) is 33.9. The van der Waals surface area contributed by atoms with Gasteiger partial charge >= 0.3 is 71.1 Å². The van der Waals surface area contributed by atoms with Crippen molar-refractivity contribution < 1.29 is 40.2 Å². The third-order valence-corrected chi connectivity index (χ3v) is 5.41. The number of hydrogen-bond donors (Lipinski definition) is 6. The van der Waals surface area contributed by atoms with Crippen molar-refractivity contribution >= 4 is 71.1 Å². The second-order valence-electron chi connectivity index (χ2n) is 7.92. The molecule has 0 aliphatic rings. The van der Waals surface area contributed by atoms with Crippen LogP contribution in [0.2, 0.25) is 0 Å². The van der Waals surface area contributed by atoms with E-state index in [4.69, 9.17) is 0 Å². The first-order valence-corrected chi connectivity index (χ1v) is 10.5. The second-order valence-corrected chi connectivity index (χ2v) is 7.92. The van der Waals surface area contributed by atoms with Gasteiger partial charge in [-0.2, -0.15) is 0 Å². The average Bonchev–Trinajstić information content (AvgIpc) is 2.77. The fraction of sp³-hybridized carbons (Fsp3) is 0.455. The topological polar surface area (TPSA) is 188 Å². The molecule has 0 saturated carbocycles. The van der Waals surface area contributed by atoms with Crippen molar-refractivity contribution in [2.24, 2.45) is 0 Å². The van der Waals surface area contributed by atoms with Gasteiger partial charge in [0.25, 0.3) is 0 Å². The molecule has 12 nitrogen and oxygen atoms in total. The van der Waals surface area contributed by atoms with Gasteiger partial charge in [-0.15, -0.1) is 0 Å². The zero-order valence-electron chi connectivity index (χ0n) is 19.1. The Morgan fingerprint density at radius 1 is 0.750 bits per heavy atom. The molecule has 0 fully saturated rings. The quantitative estimate of drug-likeness (QED) is 0.169. The van der Waals surface area contributed by atoms with Crippen LogP contribution >= 0.6 is 0 Å². The number of carboxylic acid groups (broad SMARTS) is 2. The van der Waals surface area contributed by atoms with Crippen LogP contribution in [-0.4, -0.2) is 148 Å². The van der Waals surface area contributed by atoms with Crippen LogP contribution in [0.4, 0.5) is 0 Å². The molecule has 2 aromatic heterocycles. The fourth-order valence-corrected chi connectivity index (χ4v) is 3.53. The first-order valence-electron chi connectivity index (χ1n) is 10.5. The molecular formula is C22H32N4Na2O8. The molecule has 0 unspecified atom stereocenters. The third-order valence-electron chi connectivity index (χ3n) is 5.41. The van der Waals surface area contributed by atoms with Crippen LogP contribution in [0.1, 0.15) is 33.6 Å². The molecule has 14 heteroatoms. The number of aliphatic hydroxyl groups excluding tert-OH is 2. The van der Waals surface area contributed by atoms with E-state index in [1.807, 2.05) is 0 Å². The van der Waals surface area contributed by atoms with Gasteiger partial charge in [0.1, 0.15) is 11.5 Å². The number of nitrogens with zero attached hydrogens (tertiary/aromatic N) is 4. The minimum atomic E-state index is -1.12. The predicted octanol–water partition coefficient (Wildman–Crippen LogP) is -1.33. The molecule has 6 N–H and O–H groups in total. The molecule has 0 radical (unpaired) electrons. The van der Waals surface area contributed by atoms with E-state index in [-0.39, 0.29) is 96.8 Å². The van der Waals surface area contributed by atoms with Crippen LogP contribution in [0.3, 0.4) is 0 Å². The summed E-state index contributed by atoms with van der Waals surface area (Å²) in [6.07, 6.45) is 2.82. The van der Waals surface area contributed by atoms with Crippen molar-refractivity contribution in [2.45, 2.75) is 40.2 Å². The number of rotatable bonds is 13. The molecule has 0 spiro atoms. The number of carbonyl (C=O) groups is 2. The fourth-order valence-electron chi connectivity index (χ4n) is 3.53. The number of carboxylic acids is 2. The van der Waals surface area contributed by atoms with Gasteiger partial charge < -0.3 is 30.6 Å². The average molecular weight is 526 g/mol. The number of aryl methyl sites for hydroxylation is 2. The zero-order chi connectivity index (χ0) is 25.4.